The molecule has 1 amide bonds. The predicted octanol–water partition coefficient (Wildman–Crippen LogP) is 3.36. The Hall–Kier alpha value is -2.70. The third-order valence-electron chi connectivity index (χ3n) is 5.40. The molecule has 0 radical (unpaired) electrons. The summed E-state index contributed by atoms with van der Waals surface area (Å²) >= 11 is 0. The highest BCUT2D eigenvalue weighted by atomic mass is 16.1. The molecule has 2 atom stereocenters. The van der Waals surface area contributed by atoms with E-state index in [0.29, 0.717) is 34.4 Å². The standard InChI is InChI=1S/C20H26N6O/c1-11-6-7-15-13(12(11)2)9-23-26(15)16-10-22-18-17(24-16)14(8-21-18)19(27)25-20(3,4)5/h8-12H,6-7H2,1-5H3,(H,21,22)(H,25,27). The van der Waals surface area contributed by atoms with Gasteiger partial charge in [-0.1, -0.05) is 13.8 Å². The van der Waals surface area contributed by atoms with E-state index in [1.165, 1.54) is 11.3 Å². The quantitative estimate of drug-likeness (QED) is 0.728. The van der Waals surface area contributed by atoms with E-state index >= 15 is 0 Å². The van der Waals surface area contributed by atoms with Crippen molar-refractivity contribution >= 4 is 17.1 Å². The number of hydrogen-bond donors (Lipinski definition) is 2. The van der Waals surface area contributed by atoms with Crippen LogP contribution in [0.2, 0.25) is 0 Å². The zero-order chi connectivity index (χ0) is 19.3. The number of aromatic nitrogens is 5. The molecule has 0 saturated heterocycles. The Balaban J connectivity index is 1.76. The summed E-state index contributed by atoms with van der Waals surface area (Å²) in [5.74, 6) is 1.63. The van der Waals surface area contributed by atoms with Crippen LogP contribution in [0, 0.1) is 5.92 Å². The van der Waals surface area contributed by atoms with E-state index in [0.717, 1.165) is 12.8 Å². The molecule has 0 bridgehead atoms. The minimum Gasteiger partial charge on any atom is -0.347 e. The Morgan fingerprint density at radius 1 is 1.30 bits per heavy atom. The van der Waals surface area contributed by atoms with Gasteiger partial charge in [0.05, 0.1) is 18.0 Å². The van der Waals surface area contributed by atoms with E-state index in [9.17, 15) is 4.79 Å². The molecule has 142 valence electrons. The predicted molar refractivity (Wildman–Crippen MR) is 104 cm³/mol. The van der Waals surface area contributed by atoms with E-state index < -0.39 is 0 Å². The summed E-state index contributed by atoms with van der Waals surface area (Å²) in [6, 6.07) is 0. The van der Waals surface area contributed by atoms with Crippen molar-refractivity contribution in [2.24, 2.45) is 5.92 Å². The first-order chi connectivity index (χ1) is 12.7. The molecule has 3 aromatic rings. The van der Waals surface area contributed by atoms with Gasteiger partial charge in [0.1, 0.15) is 5.52 Å². The largest absolute Gasteiger partial charge is 0.347 e. The van der Waals surface area contributed by atoms with Crippen molar-refractivity contribution in [1.29, 1.82) is 0 Å². The van der Waals surface area contributed by atoms with Crippen molar-refractivity contribution in [2.45, 2.75) is 58.9 Å². The number of nitrogens with one attached hydrogen (secondary N) is 2. The lowest BCUT2D eigenvalue weighted by atomic mass is 9.80. The molecular weight excluding hydrogens is 340 g/mol. The highest BCUT2D eigenvalue weighted by Gasteiger charge is 2.27. The zero-order valence-electron chi connectivity index (χ0n) is 16.5. The minimum absolute atomic E-state index is 0.162. The van der Waals surface area contributed by atoms with Crippen molar-refractivity contribution in [1.82, 2.24) is 30.0 Å². The molecule has 0 aromatic carbocycles. The highest BCUT2D eigenvalue weighted by Crippen LogP contribution is 2.36. The Morgan fingerprint density at radius 2 is 2.07 bits per heavy atom. The number of aromatic amines is 1. The lowest BCUT2D eigenvalue weighted by molar-refractivity contribution is 0.0921. The number of fused-ring (bicyclic) bond motifs is 2. The fourth-order valence-corrected chi connectivity index (χ4v) is 3.70. The highest BCUT2D eigenvalue weighted by molar-refractivity contribution is 6.04. The maximum Gasteiger partial charge on any atom is 0.255 e. The van der Waals surface area contributed by atoms with E-state index in [-0.39, 0.29) is 11.4 Å². The second-order valence-corrected chi connectivity index (χ2v) is 8.59. The molecule has 0 saturated carbocycles. The van der Waals surface area contributed by atoms with Gasteiger partial charge in [-0.15, -0.1) is 0 Å². The maximum atomic E-state index is 12.6. The summed E-state index contributed by atoms with van der Waals surface area (Å²) in [7, 11) is 0. The average Bonchev–Trinajstić information content (AvgIpc) is 3.20. The van der Waals surface area contributed by atoms with Crippen LogP contribution in [0.4, 0.5) is 0 Å². The van der Waals surface area contributed by atoms with Gasteiger partial charge in [-0.3, -0.25) is 4.79 Å². The van der Waals surface area contributed by atoms with Gasteiger partial charge in [0, 0.05) is 17.4 Å². The molecule has 0 spiro atoms. The van der Waals surface area contributed by atoms with Crippen LogP contribution in [0.1, 0.15) is 68.6 Å². The minimum atomic E-state index is -0.320. The molecule has 2 N–H and O–H groups in total. The fourth-order valence-electron chi connectivity index (χ4n) is 3.70. The van der Waals surface area contributed by atoms with Gasteiger partial charge in [-0.25, -0.2) is 14.6 Å². The normalized spacial score (nSPS) is 19.9. The average molecular weight is 366 g/mol. The van der Waals surface area contributed by atoms with Gasteiger partial charge in [0.25, 0.3) is 5.91 Å². The molecule has 1 aliphatic carbocycles. The van der Waals surface area contributed by atoms with E-state index in [1.54, 1.807) is 12.4 Å². The summed E-state index contributed by atoms with van der Waals surface area (Å²) in [5.41, 5.74) is 3.83. The third kappa shape index (κ3) is 3.11. The van der Waals surface area contributed by atoms with E-state index in [1.807, 2.05) is 31.6 Å². The molecule has 0 aliphatic heterocycles. The Labute approximate surface area is 158 Å². The number of hydrogen-bond acceptors (Lipinski definition) is 4. The molecule has 7 heteroatoms. The van der Waals surface area contributed by atoms with Crippen LogP contribution in [-0.2, 0) is 6.42 Å². The summed E-state index contributed by atoms with van der Waals surface area (Å²) in [6.45, 7) is 10.4. The summed E-state index contributed by atoms with van der Waals surface area (Å²) in [6.07, 6.45) is 7.44. The summed E-state index contributed by atoms with van der Waals surface area (Å²) < 4.78 is 1.88. The topological polar surface area (TPSA) is 88.5 Å². The van der Waals surface area contributed by atoms with Gasteiger partial charge in [0.2, 0.25) is 0 Å². The molecule has 2 unspecified atom stereocenters. The second-order valence-electron chi connectivity index (χ2n) is 8.59. The molecule has 4 rings (SSSR count). The van der Waals surface area contributed by atoms with Crippen LogP contribution in [-0.4, -0.2) is 36.2 Å². The molecular formula is C20H26N6O. The smallest absolute Gasteiger partial charge is 0.255 e. The van der Waals surface area contributed by atoms with Crippen molar-refractivity contribution in [3.63, 3.8) is 0 Å². The lowest BCUT2D eigenvalue weighted by Gasteiger charge is -2.26. The van der Waals surface area contributed by atoms with Gasteiger partial charge < -0.3 is 10.3 Å². The SMILES string of the molecule is CC1CCc2c(cnn2-c2cnc3[nH]cc(C(=O)NC(C)(C)C)c3n2)C1C. The first kappa shape index (κ1) is 17.7. The van der Waals surface area contributed by atoms with Gasteiger partial charge in [0.15, 0.2) is 11.5 Å². The number of nitrogens with zero attached hydrogens (tertiary/aromatic N) is 4. The molecule has 0 fully saturated rings. The number of amides is 1. The lowest BCUT2D eigenvalue weighted by Crippen LogP contribution is -2.40. The van der Waals surface area contributed by atoms with Crippen molar-refractivity contribution < 1.29 is 4.79 Å². The van der Waals surface area contributed by atoms with Gasteiger partial charge >= 0.3 is 0 Å². The number of H-pyrrole nitrogens is 1. The van der Waals surface area contributed by atoms with E-state index in [4.69, 9.17) is 4.98 Å². The molecule has 7 nitrogen and oxygen atoms in total. The Bertz CT molecular complexity index is 1010. The third-order valence-corrected chi connectivity index (χ3v) is 5.40. The van der Waals surface area contributed by atoms with Crippen LogP contribution in [0.5, 0.6) is 0 Å². The van der Waals surface area contributed by atoms with E-state index in [2.05, 4.69) is 34.2 Å². The van der Waals surface area contributed by atoms with Crippen molar-refractivity contribution in [2.75, 3.05) is 0 Å². The molecule has 27 heavy (non-hydrogen) atoms. The second kappa shape index (κ2) is 6.18. The number of rotatable bonds is 2. The number of carbonyl (C=O) groups excluding carboxylic acids is 1. The summed E-state index contributed by atoms with van der Waals surface area (Å²) in [5, 5.41) is 7.56. The van der Waals surface area contributed by atoms with Crippen LogP contribution in [0.25, 0.3) is 17.0 Å². The fraction of sp³-hybridized carbons (Fsp3) is 0.500. The van der Waals surface area contributed by atoms with Crippen LogP contribution >= 0.6 is 0 Å². The monoisotopic (exact) mass is 366 g/mol. The summed E-state index contributed by atoms with van der Waals surface area (Å²) in [4.78, 5) is 24.8. The number of carbonyl (C=O) groups is 1. The molecule has 3 aromatic heterocycles. The van der Waals surface area contributed by atoms with Gasteiger partial charge in [-0.05, 0) is 51.0 Å². The van der Waals surface area contributed by atoms with Gasteiger partial charge in [-0.2, -0.15) is 5.10 Å². The Kier molecular flexibility index (Phi) is 4.05. The molecule has 1 aliphatic rings. The molecule has 3 heterocycles. The first-order valence-electron chi connectivity index (χ1n) is 9.48. The van der Waals surface area contributed by atoms with Crippen LogP contribution in [0.3, 0.4) is 0 Å². The van der Waals surface area contributed by atoms with Crippen LogP contribution < -0.4 is 5.32 Å². The maximum absolute atomic E-state index is 12.6. The Morgan fingerprint density at radius 3 is 2.81 bits per heavy atom. The van der Waals surface area contributed by atoms with Crippen molar-refractivity contribution in [3.05, 3.63) is 35.4 Å². The van der Waals surface area contributed by atoms with Crippen molar-refractivity contribution in [3.8, 4) is 5.82 Å². The first-order valence-corrected chi connectivity index (χ1v) is 9.48. The zero-order valence-corrected chi connectivity index (χ0v) is 16.5. The van der Waals surface area contributed by atoms with Crippen LogP contribution in [0.15, 0.2) is 18.6 Å².